The van der Waals surface area contributed by atoms with Crippen molar-refractivity contribution in [2.45, 2.75) is 44.6 Å². The molecule has 140 valence electrons. The molecule has 7 nitrogen and oxygen atoms in total. The summed E-state index contributed by atoms with van der Waals surface area (Å²) in [6, 6.07) is 9.00. The van der Waals surface area contributed by atoms with Crippen molar-refractivity contribution in [1.82, 2.24) is 20.7 Å². The van der Waals surface area contributed by atoms with Crippen LogP contribution in [0, 0.1) is 6.92 Å². The minimum absolute atomic E-state index is 0.369. The third kappa shape index (κ3) is 3.10. The average Bonchev–Trinajstić information content (AvgIpc) is 3.17. The number of benzene rings is 1. The zero-order valence-electron chi connectivity index (χ0n) is 14.9. The Morgan fingerprint density at radius 2 is 1.89 bits per heavy atom. The predicted octanol–water partition coefficient (Wildman–Crippen LogP) is 3.02. The van der Waals surface area contributed by atoms with Crippen LogP contribution in [0.5, 0.6) is 0 Å². The number of nitrogens with one attached hydrogen (secondary N) is 2. The number of hydrazine groups is 1. The lowest BCUT2D eigenvalue weighted by Gasteiger charge is -2.30. The van der Waals surface area contributed by atoms with Crippen molar-refractivity contribution in [3.8, 4) is 10.6 Å². The van der Waals surface area contributed by atoms with Gasteiger partial charge in [-0.2, -0.15) is 5.01 Å². The largest absolute Gasteiger partial charge is 0.344 e. The molecule has 2 heterocycles. The van der Waals surface area contributed by atoms with Gasteiger partial charge in [0.05, 0.1) is 5.69 Å². The molecule has 1 aliphatic heterocycles. The molecule has 0 bridgehead atoms. The number of rotatable bonds is 3. The summed E-state index contributed by atoms with van der Waals surface area (Å²) in [5.41, 5.74) is 3.10. The highest BCUT2D eigenvalue weighted by atomic mass is 32.1. The Labute approximate surface area is 160 Å². The van der Waals surface area contributed by atoms with Crippen molar-refractivity contribution in [2.24, 2.45) is 0 Å². The minimum atomic E-state index is -0.861. The summed E-state index contributed by atoms with van der Waals surface area (Å²) in [5.74, 6) is -0.866. The summed E-state index contributed by atoms with van der Waals surface area (Å²) in [4.78, 5) is 42.6. The molecule has 4 amide bonds. The Balaban J connectivity index is 1.53. The lowest BCUT2D eigenvalue weighted by atomic mass is 9.82. The first kappa shape index (κ1) is 17.7. The number of hydrogen-bond donors (Lipinski definition) is 2. The molecule has 4 rings (SSSR count). The van der Waals surface area contributed by atoms with Crippen LogP contribution in [0.25, 0.3) is 10.6 Å². The molecule has 2 aromatic rings. The number of nitrogens with zero attached hydrogens (tertiary/aromatic N) is 2. The van der Waals surface area contributed by atoms with Crippen LogP contribution in [0.2, 0.25) is 0 Å². The molecule has 1 aromatic carbocycles. The average molecular weight is 384 g/mol. The van der Waals surface area contributed by atoms with E-state index in [0.717, 1.165) is 34.8 Å². The van der Waals surface area contributed by atoms with Gasteiger partial charge in [-0.1, -0.05) is 49.6 Å². The molecular formula is C19H20N4O3S. The number of carbonyl (C=O) groups excluding carboxylic acids is 3. The maximum Gasteiger partial charge on any atom is 0.344 e. The Morgan fingerprint density at radius 3 is 2.59 bits per heavy atom. The monoisotopic (exact) mass is 384 g/mol. The lowest BCUT2D eigenvalue weighted by molar-refractivity contribution is -0.134. The van der Waals surface area contributed by atoms with Crippen molar-refractivity contribution in [3.63, 3.8) is 0 Å². The van der Waals surface area contributed by atoms with Gasteiger partial charge in [0.15, 0.2) is 0 Å². The third-order valence-corrected chi connectivity index (χ3v) is 6.31. The van der Waals surface area contributed by atoms with E-state index >= 15 is 0 Å². The minimum Gasteiger partial charge on any atom is -0.322 e. The molecule has 0 radical (unpaired) electrons. The van der Waals surface area contributed by atoms with Crippen LogP contribution in [0.15, 0.2) is 30.3 Å². The zero-order chi connectivity index (χ0) is 19.0. The van der Waals surface area contributed by atoms with E-state index in [9.17, 15) is 14.4 Å². The Bertz CT molecular complexity index is 903. The van der Waals surface area contributed by atoms with Crippen molar-refractivity contribution < 1.29 is 14.4 Å². The van der Waals surface area contributed by atoms with Gasteiger partial charge in [-0.25, -0.2) is 9.78 Å². The molecule has 1 aliphatic carbocycles. The van der Waals surface area contributed by atoms with E-state index < -0.39 is 17.5 Å². The summed E-state index contributed by atoms with van der Waals surface area (Å²) in [6.45, 7) is 1.74. The lowest BCUT2D eigenvalue weighted by Crippen LogP contribution is -2.50. The first-order valence-corrected chi connectivity index (χ1v) is 9.82. The van der Waals surface area contributed by atoms with E-state index in [4.69, 9.17) is 0 Å². The number of amides is 4. The van der Waals surface area contributed by atoms with Crippen LogP contribution < -0.4 is 10.7 Å². The van der Waals surface area contributed by atoms with E-state index in [2.05, 4.69) is 15.7 Å². The number of urea groups is 1. The maximum absolute atomic E-state index is 12.8. The van der Waals surface area contributed by atoms with Crippen LogP contribution >= 0.6 is 11.3 Å². The van der Waals surface area contributed by atoms with E-state index in [1.165, 1.54) is 11.3 Å². The van der Waals surface area contributed by atoms with Gasteiger partial charge in [-0.05, 0) is 19.8 Å². The fourth-order valence-corrected chi connectivity index (χ4v) is 4.64. The summed E-state index contributed by atoms with van der Waals surface area (Å²) in [5, 5.41) is 4.33. The molecule has 1 saturated carbocycles. The highest BCUT2D eigenvalue weighted by Crippen LogP contribution is 2.33. The van der Waals surface area contributed by atoms with Crippen molar-refractivity contribution >= 4 is 29.2 Å². The Hall–Kier alpha value is -2.74. The van der Waals surface area contributed by atoms with Crippen molar-refractivity contribution in [3.05, 3.63) is 40.9 Å². The van der Waals surface area contributed by atoms with E-state index in [1.54, 1.807) is 6.92 Å². The second kappa shape index (κ2) is 6.77. The number of thiazole rings is 1. The smallest absolute Gasteiger partial charge is 0.322 e. The molecule has 1 saturated heterocycles. The number of carbonyl (C=O) groups is 3. The molecule has 0 unspecified atom stereocenters. The van der Waals surface area contributed by atoms with Gasteiger partial charge in [-0.3, -0.25) is 15.0 Å². The third-order valence-electron chi connectivity index (χ3n) is 5.11. The maximum atomic E-state index is 12.8. The van der Waals surface area contributed by atoms with Crippen LogP contribution in [0.1, 0.15) is 47.5 Å². The standard InChI is InChI=1S/C19H20N4O3S/c1-12-14(27-16(20-12)13-8-4-2-5-9-13)15(24)22-23-17(25)19(21-18(23)26)10-6-3-7-11-19/h2,4-5,8-9H,3,6-7,10-11H2,1H3,(H,21,26)(H,22,24). The Kier molecular flexibility index (Phi) is 4.43. The summed E-state index contributed by atoms with van der Waals surface area (Å²) in [6.07, 6.45) is 4.06. The van der Waals surface area contributed by atoms with E-state index in [1.807, 2.05) is 30.3 Å². The van der Waals surface area contributed by atoms with Gasteiger partial charge in [-0.15, -0.1) is 11.3 Å². The van der Waals surface area contributed by atoms with Gasteiger partial charge in [0, 0.05) is 5.56 Å². The van der Waals surface area contributed by atoms with Crippen LogP contribution in [0.3, 0.4) is 0 Å². The van der Waals surface area contributed by atoms with Crippen molar-refractivity contribution in [2.75, 3.05) is 0 Å². The summed E-state index contributed by atoms with van der Waals surface area (Å²) >= 11 is 1.24. The topological polar surface area (TPSA) is 91.4 Å². The highest BCUT2D eigenvalue weighted by molar-refractivity contribution is 7.17. The van der Waals surface area contributed by atoms with Gasteiger partial charge in [0.25, 0.3) is 11.8 Å². The molecule has 0 atom stereocenters. The molecule has 2 aliphatic rings. The van der Waals surface area contributed by atoms with Gasteiger partial charge in [0.2, 0.25) is 0 Å². The summed E-state index contributed by atoms with van der Waals surface area (Å²) in [7, 11) is 0. The van der Waals surface area contributed by atoms with Gasteiger partial charge in [0.1, 0.15) is 15.4 Å². The van der Waals surface area contributed by atoms with Gasteiger partial charge >= 0.3 is 6.03 Å². The molecular weight excluding hydrogens is 364 g/mol. The van der Waals surface area contributed by atoms with E-state index in [-0.39, 0.29) is 5.91 Å². The molecule has 8 heteroatoms. The highest BCUT2D eigenvalue weighted by Gasteiger charge is 2.52. The quantitative estimate of drug-likeness (QED) is 0.796. The molecule has 1 aromatic heterocycles. The first-order chi connectivity index (χ1) is 13.0. The van der Waals surface area contributed by atoms with Crippen LogP contribution in [0.4, 0.5) is 4.79 Å². The summed E-state index contributed by atoms with van der Waals surface area (Å²) < 4.78 is 0. The fourth-order valence-electron chi connectivity index (χ4n) is 3.68. The molecule has 2 fully saturated rings. The second-order valence-electron chi connectivity index (χ2n) is 6.95. The molecule has 1 spiro atoms. The predicted molar refractivity (Wildman–Crippen MR) is 101 cm³/mol. The normalized spacial score (nSPS) is 18.6. The number of imide groups is 1. The number of aromatic nitrogens is 1. The fraction of sp³-hybridized carbons (Fsp3) is 0.368. The number of aryl methyl sites for hydroxylation is 1. The van der Waals surface area contributed by atoms with Crippen LogP contribution in [-0.2, 0) is 4.79 Å². The van der Waals surface area contributed by atoms with Crippen molar-refractivity contribution in [1.29, 1.82) is 0 Å². The Morgan fingerprint density at radius 1 is 1.19 bits per heavy atom. The number of hydrogen-bond acceptors (Lipinski definition) is 5. The van der Waals surface area contributed by atoms with Gasteiger partial charge < -0.3 is 5.32 Å². The first-order valence-electron chi connectivity index (χ1n) is 9.01. The zero-order valence-corrected chi connectivity index (χ0v) is 15.8. The second-order valence-corrected chi connectivity index (χ2v) is 7.95. The molecule has 2 N–H and O–H groups in total. The van der Waals surface area contributed by atoms with E-state index in [0.29, 0.717) is 23.4 Å². The molecule has 27 heavy (non-hydrogen) atoms. The van der Waals surface area contributed by atoms with Crippen LogP contribution in [-0.4, -0.2) is 33.4 Å². The SMILES string of the molecule is Cc1nc(-c2ccccc2)sc1C(=O)NN1C(=O)NC2(CCCCC2)C1=O.